The third kappa shape index (κ3) is 2.96. The van der Waals surface area contributed by atoms with Crippen molar-refractivity contribution in [3.8, 4) is 0 Å². The van der Waals surface area contributed by atoms with E-state index in [0.717, 1.165) is 0 Å². The first-order valence-corrected chi connectivity index (χ1v) is 8.88. The van der Waals surface area contributed by atoms with Crippen molar-refractivity contribution >= 4 is 11.9 Å². The Labute approximate surface area is 151 Å². The summed E-state index contributed by atoms with van der Waals surface area (Å²) in [4.78, 5) is 25.0. The first kappa shape index (κ1) is 19.0. The fourth-order valence-corrected chi connectivity index (χ4v) is 4.08. The van der Waals surface area contributed by atoms with E-state index in [4.69, 9.17) is 9.47 Å². The Hall–Kier alpha value is -1.74. The summed E-state index contributed by atoms with van der Waals surface area (Å²) in [6.07, 6.45) is 3.22. The van der Waals surface area contributed by atoms with Crippen LogP contribution in [-0.4, -0.2) is 70.8 Å². The number of cyclic esters (lactones) is 1. The lowest BCUT2D eigenvalue weighted by molar-refractivity contribution is -0.877. The Morgan fingerprint density at radius 3 is 2.85 bits per heavy atom. The van der Waals surface area contributed by atoms with Crippen LogP contribution in [0.25, 0.3) is 0 Å². The van der Waals surface area contributed by atoms with E-state index < -0.39 is 46.9 Å². The quantitative estimate of drug-likeness (QED) is 0.223. The maximum absolute atomic E-state index is 12.9. The normalized spacial score (nSPS) is 42.4. The standard InChI is InChI=1S/C18H25NO7/c1-3-12-8-11(2)18(23,10-20)17(22)25-9-13-4-6-19(24)7-5-14(15(13)19)26-16(12)21/h3-4,11,14-15,20,23H,5-10H2,1-2H3/b12-3+/t11-,14-,15-,18-,19-/m1/s1. The number of carbonyl (C=O) groups is 2. The molecule has 8 heteroatoms. The van der Waals surface area contributed by atoms with Gasteiger partial charge in [-0.25, -0.2) is 9.59 Å². The smallest absolute Gasteiger partial charge is 0.341 e. The highest BCUT2D eigenvalue weighted by atomic mass is 16.6. The maximum Gasteiger partial charge on any atom is 0.341 e. The third-order valence-corrected chi connectivity index (χ3v) is 5.87. The van der Waals surface area contributed by atoms with Crippen LogP contribution in [0.4, 0.5) is 0 Å². The van der Waals surface area contributed by atoms with Gasteiger partial charge in [-0.15, -0.1) is 0 Å². The second-order valence-electron chi connectivity index (χ2n) is 7.39. The molecule has 0 radical (unpaired) electrons. The van der Waals surface area contributed by atoms with Crippen molar-refractivity contribution in [2.24, 2.45) is 5.92 Å². The summed E-state index contributed by atoms with van der Waals surface area (Å²) in [7, 11) is 0. The van der Waals surface area contributed by atoms with Gasteiger partial charge in [0.15, 0.2) is 17.7 Å². The van der Waals surface area contributed by atoms with Gasteiger partial charge in [0.2, 0.25) is 0 Å². The summed E-state index contributed by atoms with van der Waals surface area (Å²) >= 11 is 0. The lowest BCUT2D eigenvalue weighted by Crippen LogP contribution is -2.51. The number of carbonyl (C=O) groups excluding carboxylic acids is 2. The van der Waals surface area contributed by atoms with Gasteiger partial charge in [-0.3, -0.25) is 0 Å². The number of hydroxylamine groups is 3. The van der Waals surface area contributed by atoms with Crippen molar-refractivity contribution in [3.05, 3.63) is 28.5 Å². The van der Waals surface area contributed by atoms with Gasteiger partial charge in [0.1, 0.15) is 6.61 Å². The SMILES string of the molecule is C/C=C1\C[C@@H](C)[C@](O)(CO)C(=O)OCC2=CC[N@@+]3([O-])CC[C@@H](OC1=O)[C@@H]23. The Bertz CT molecular complexity index is 672. The molecule has 26 heavy (non-hydrogen) atoms. The van der Waals surface area contributed by atoms with Crippen LogP contribution in [0.1, 0.15) is 26.7 Å². The molecular formula is C18H25NO7. The molecule has 144 valence electrons. The highest BCUT2D eigenvalue weighted by molar-refractivity contribution is 5.89. The first-order valence-electron chi connectivity index (χ1n) is 8.88. The van der Waals surface area contributed by atoms with Gasteiger partial charge in [0.05, 0.1) is 19.7 Å². The number of nitrogens with zero attached hydrogens (tertiary/aromatic N) is 1. The van der Waals surface area contributed by atoms with E-state index >= 15 is 0 Å². The largest absolute Gasteiger partial charge is 0.632 e. The number of hydrogen-bond acceptors (Lipinski definition) is 7. The molecule has 2 N–H and O–H groups in total. The van der Waals surface area contributed by atoms with Gasteiger partial charge in [-0.2, -0.15) is 0 Å². The van der Waals surface area contributed by atoms with Crippen LogP contribution in [0.3, 0.4) is 0 Å². The molecule has 0 unspecified atom stereocenters. The van der Waals surface area contributed by atoms with Gasteiger partial charge in [0.25, 0.3) is 0 Å². The monoisotopic (exact) mass is 367 g/mol. The van der Waals surface area contributed by atoms with E-state index in [0.29, 0.717) is 18.5 Å². The molecular weight excluding hydrogens is 342 g/mol. The maximum atomic E-state index is 12.9. The lowest BCUT2D eigenvalue weighted by atomic mass is 9.84. The summed E-state index contributed by atoms with van der Waals surface area (Å²) in [5.74, 6) is -2.27. The van der Waals surface area contributed by atoms with Crippen LogP contribution < -0.4 is 0 Å². The minimum absolute atomic E-state index is 0.0406. The zero-order valence-corrected chi connectivity index (χ0v) is 15.0. The van der Waals surface area contributed by atoms with Crippen LogP contribution >= 0.6 is 0 Å². The zero-order chi connectivity index (χ0) is 19.1. The van der Waals surface area contributed by atoms with E-state index in [1.165, 1.54) is 0 Å². The van der Waals surface area contributed by atoms with E-state index in [1.54, 1.807) is 26.0 Å². The minimum atomic E-state index is -2.13. The second kappa shape index (κ2) is 6.77. The van der Waals surface area contributed by atoms with Crippen molar-refractivity contribution in [1.29, 1.82) is 0 Å². The van der Waals surface area contributed by atoms with Crippen LogP contribution in [0.2, 0.25) is 0 Å². The summed E-state index contributed by atoms with van der Waals surface area (Å²) in [5.41, 5.74) is -1.25. The van der Waals surface area contributed by atoms with Crippen molar-refractivity contribution < 1.29 is 33.9 Å². The fourth-order valence-electron chi connectivity index (χ4n) is 4.08. The molecule has 0 aromatic carbocycles. The molecule has 3 aliphatic rings. The van der Waals surface area contributed by atoms with Gasteiger partial charge in [-0.05, 0) is 19.4 Å². The van der Waals surface area contributed by atoms with Crippen molar-refractivity contribution in [1.82, 2.24) is 0 Å². The van der Waals surface area contributed by atoms with Crippen LogP contribution in [0, 0.1) is 11.1 Å². The summed E-state index contributed by atoms with van der Waals surface area (Å²) in [6, 6.07) is -0.594. The van der Waals surface area contributed by atoms with Gasteiger partial charge < -0.3 is 29.5 Å². The van der Waals surface area contributed by atoms with E-state index in [1.807, 2.05) is 0 Å². The molecule has 2 saturated heterocycles. The number of aliphatic hydroxyl groups is 2. The Morgan fingerprint density at radius 2 is 2.19 bits per heavy atom. The molecule has 0 aliphatic carbocycles. The highest BCUT2D eigenvalue weighted by Gasteiger charge is 2.51. The molecule has 0 amide bonds. The van der Waals surface area contributed by atoms with Crippen LogP contribution in [0.5, 0.6) is 0 Å². The molecule has 0 aromatic heterocycles. The Balaban J connectivity index is 1.96. The third-order valence-electron chi connectivity index (χ3n) is 5.87. The highest BCUT2D eigenvalue weighted by Crippen LogP contribution is 2.39. The predicted octanol–water partition coefficient (Wildman–Crippen LogP) is 0.178. The lowest BCUT2D eigenvalue weighted by Gasteiger charge is -2.41. The summed E-state index contributed by atoms with van der Waals surface area (Å²) in [6.45, 7) is 2.81. The molecule has 0 bridgehead atoms. The number of rotatable bonds is 1. The average molecular weight is 367 g/mol. The van der Waals surface area contributed by atoms with Crippen molar-refractivity contribution in [2.45, 2.75) is 44.4 Å². The Kier molecular flexibility index (Phi) is 4.96. The molecule has 0 spiro atoms. The number of aliphatic hydroxyl groups excluding tert-OH is 1. The molecule has 2 fully saturated rings. The first-order chi connectivity index (χ1) is 12.2. The molecule has 8 nitrogen and oxygen atoms in total. The molecule has 3 aliphatic heterocycles. The molecule has 3 rings (SSSR count). The molecule has 5 atom stereocenters. The number of esters is 2. The van der Waals surface area contributed by atoms with E-state index in [9.17, 15) is 25.0 Å². The van der Waals surface area contributed by atoms with Crippen LogP contribution in [0.15, 0.2) is 23.3 Å². The summed E-state index contributed by atoms with van der Waals surface area (Å²) in [5, 5.41) is 33.1. The topological polar surface area (TPSA) is 116 Å². The second-order valence-corrected chi connectivity index (χ2v) is 7.39. The summed E-state index contributed by atoms with van der Waals surface area (Å²) < 4.78 is 10.4. The number of ether oxygens (including phenoxy) is 2. The van der Waals surface area contributed by atoms with E-state index in [-0.39, 0.29) is 25.1 Å². The fraction of sp³-hybridized carbons (Fsp3) is 0.667. The van der Waals surface area contributed by atoms with E-state index in [2.05, 4.69) is 0 Å². The molecule has 0 saturated carbocycles. The zero-order valence-electron chi connectivity index (χ0n) is 15.0. The minimum Gasteiger partial charge on any atom is -0.632 e. The van der Waals surface area contributed by atoms with Gasteiger partial charge in [0, 0.05) is 23.5 Å². The number of allylic oxidation sites excluding steroid dienone is 1. The molecule has 3 heterocycles. The van der Waals surface area contributed by atoms with Crippen molar-refractivity contribution in [2.75, 3.05) is 26.3 Å². The van der Waals surface area contributed by atoms with Crippen LogP contribution in [-0.2, 0) is 19.1 Å². The number of quaternary nitrogens is 1. The van der Waals surface area contributed by atoms with Crippen molar-refractivity contribution in [3.63, 3.8) is 0 Å². The Morgan fingerprint density at radius 1 is 1.46 bits per heavy atom. The molecule has 0 aromatic rings. The van der Waals surface area contributed by atoms with Gasteiger partial charge >= 0.3 is 11.9 Å². The number of hydrogen-bond donors (Lipinski definition) is 2. The average Bonchev–Trinajstić information content (AvgIpc) is 3.11. The predicted molar refractivity (Wildman–Crippen MR) is 90.3 cm³/mol. The van der Waals surface area contributed by atoms with Gasteiger partial charge in [-0.1, -0.05) is 13.0 Å².